The number of ether oxygens (including phenoxy) is 1. The SMILES string of the molecule is CC(C)OC(=O)[C@@H](C)NP=O. The maximum Gasteiger partial charge on any atom is 0.323 e. The molecule has 4 nitrogen and oxygen atoms in total. The molecular formula is C6H12NO3P. The molecule has 0 heterocycles. The molecule has 0 bridgehead atoms. The summed E-state index contributed by atoms with van der Waals surface area (Å²) in [6, 6.07) is -0.517. The number of rotatable bonds is 4. The second kappa shape index (κ2) is 5.22. The van der Waals surface area contributed by atoms with E-state index in [0.29, 0.717) is 0 Å². The van der Waals surface area contributed by atoms with Gasteiger partial charge in [0.15, 0.2) is 0 Å². The molecule has 64 valence electrons. The zero-order valence-corrected chi connectivity index (χ0v) is 7.72. The number of carbonyl (C=O) groups is 1. The number of esters is 1. The van der Waals surface area contributed by atoms with Crippen molar-refractivity contribution in [2.45, 2.75) is 32.9 Å². The Bertz CT molecular complexity index is 149. The minimum absolute atomic E-state index is 0.130. The van der Waals surface area contributed by atoms with Crippen LogP contribution in [0.4, 0.5) is 0 Å². The Morgan fingerprint density at radius 2 is 2.00 bits per heavy atom. The highest BCUT2D eigenvalue weighted by Gasteiger charge is 2.14. The smallest absolute Gasteiger partial charge is 0.323 e. The number of carbonyl (C=O) groups excluding carboxylic acids is 1. The molecule has 0 radical (unpaired) electrons. The van der Waals surface area contributed by atoms with Gasteiger partial charge in [-0.05, 0) is 20.8 Å². The van der Waals surface area contributed by atoms with E-state index in [2.05, 4.69) is 5.09 Å². The Morgan fingerprint density at radius 1 is 1.45 bits per heavy atom. The predicted molar refractivity (Wildman–Crippen MR) is 41.4 cm³/mol. The average molecular weight is 177 g/mol. The van der Waals surface area contributed by atoms with Crippen molar-refractivity contribution in [1.82, 2.24) is 5.09 Å². The van der Waals surface area contributed by atoms with E-state index in [1.54, 1.807) is 20.8 Å². The van der Waals surface area contributed by atoms with Crippen LogP contribution in [-0.4, -0.2) is 18.1 Å². The topological polar surface area (TPSA) is 55.4 Å². The van der Waals surface area contributed by atoms with Gasteiger partial charge in [0.2, 0.25) is 8.61 Å². The van der Waals surface area contributed by atoms with E-state index in [0.717, 1.165) is 0 Å². The highest BCUT2D eigenvalue weighted by molar-refractivity contribution is 7.21. The Labute approximate surface area is 67.6 Å². The molecule has 0 fully saturated rings. The first kappa shape index (κ1) is 10.5. The van der Waals surface area contributed by atoms with Crippen molar-refractivity contribution >= 4 is 14.6 Å². The van der Waals surface area contributed by atoms with Crippen molar-refractivity contribution in [2.75, 3.05) is 0 Å². The second-order valence-electron chi connectivity index (χ2n) is 2.43. The standard InChI is InChI=1S/C6H12NO3P/c1-4(2)10-6(8)5(3)7-11-9/h4-5H,1-3H3,(H,7,9)/t5-/m1/s1. The Hall–Kier alpha value is -0.470. The van der Waals surface area contributed by atoms with E-state index in [1.807, 2.05) is 0 Å². The zero-order valence-electron chi connectivity index (χ0n) is 6.83. The van der Waals surface area contributed by atoms with Crippen LogP contribution in [0.1, 0.15) is 20.8 Å². The van der Waals surface area contributed by atoms with Crippen LogP contribution in [-0.2, 0) is 14.1 Å². The molecule has 11 heavy (non-hydrogen) atoms. The molecule has 0 saturated carbocycles. The van der Waals surface area contributed by atoms with Crippen molar-refractivity contribution < 1.29 is 14.1 Å². The lowest BCUT2D eigenvalue weighted by Crippen LogP contribution is -2.31. The summed E-state index contributed by atoms with van der Waals surface area (Å²) in [5.41, 5.74) is 0. The molecule has 0 spiro atoms. The molecule has 0 aliphatic carbocycles. The predicted octanol–water partition coefficient (Wildman–Crippen LogP) is 1.12. The van der Waals surface area contributed by atoms with Crippen LogP contribution in [0.2, 0.25) is 0 Å². The van der Waals surface area contributed by atoms with Gasteiger partial charge >= 0.3 is 5.97 Å². The van der Waals surface area contributed by atoms with Gasteiger partial charge in [-0.1, -0.05) is 0 Å². The molecule has 0 rings (SSSR count). The van der Waals surface area contributed by atoms with Crippen LogP contribution >= 0.6 is 8.61 Å². The molecule has 1 N–H and O–H groups in total. The highest BCUT2D eigenvalue weighted by atomic mass is 31.1. The molecule has 5 heteroatoms. The van der Waals surface area contributed by atoms with E-state index in [4.69, 9.17) is 4.74 Å². The van der Waals surface area contributed by atoms with Crippen LogP contribution in [0.3, 0.4) is 0 Å². The molecule has 0 aliphatic heterocycles. The van der Waals surface area contributed by atoms with E-state index in [9.17, 15) is 9.36 Å². The van der Waals surface area contributed by atoms with Crippen LogP contribution in [0, 0.1) is 0 Å². The lowest BCUT2D eigenvalue weighted by molar-refractivity contribution is -0.148. The van der Waals surface area contributed by atoms with E-state index in [1.165, 1.54) is 0 Å². The quantitative estimate of drug-likeness (QED) is 0.516. The molecule has 0 aliphatic rings. The molecule has 0 aromatic heterocycles. The third kappa shape index (κ3) is 4.87. The minimum Gasteiger partial charge on any atom is -0.462 e. The summed E-state index contributed by atoms with van der Waals surface area (Å²) in [6.45, 7) is 5.12. The molecule has 0 amide bonds. The molecule has 0 aromatic carbocycles. The Balaban J connectivity index is 3.72. The minimum atomic E-state index is -0.517. The highest BCUT2D eigenvalue weighted by Crippen LogP contribution is 1.96. The zero-order chi connectivity index (χ0) is 8.85. The van der Waals surface area contributed by atoms with Gasteiger partial charge in [-0.25, -0.2) is 5.09 Å². The number of hydrogen-bond donors (Lipinski definition) is 1. The van der Waals surface area contributed by atoms with E-state index in [-0.39, 0.29) is 20.7 Å². The first-order chi connectivity index (χ1) is 5.07. The van der Waals surface area contributed by atoms with Gasteiger partial charge in [-0.15, -0.1) is 0 Å². The van der Waals surface area contributed by atoms with Crippen LogP contribution < -0.4 is 5.09 Å². The fraction of sp³-hybridized carbons (Fsp3) is 0.833. The summed E-state index contributed by atoms with van der Waals surface area (Å²) >= 11 is 0. The second-order valence-corrected chi connectivity index (χ2v) is 2.87. The average Bonchev–Trinajstić information content (AvgIpc) is 1.86. The third-order valence-corrected chi connectivity index (χ3v) is 1.44. The van der Waals surface area contributed by atoms with Gasteiger partial charge in [0.05, 0.1) is 6.10 Å². The summed E-state index contributed by atoms with van der Waals surface area (Å²) in [5.74, 6) is -0.386. The Kier molecular flexibility index (Phi) is 4.99. The largest absolute Gasteiger partial charge is 0.462 e. The van der Waals surface area contributed by atoms with Gasteiger partial charge in [-0.2, -0.15) is 0 Å². The molecule has 0 saturated heterocycles. The summed E-state index contributed by atoms with van der Waals surface area (Å²) in [6.07, 6.45) is -0.130. The van der Waals surface area contributed by atoms with Gasteiger partial charge in [0, 0.05) is 0 Å². The molecule has 1 atom stereocenters. The summed E-state index contributed by atoms with van der Waals surface area (Å²) in [4.78, 5) is 10.9. The number of nitrogens with one attached hydrogen (secondary N) is 1. The monoisotopic (exact) mass is 177 g/mol. The van der Waals surface area contributed by atoms with Crippen molar-refractivity contribution in [2.24, 2.45) is 0 Å². The number of hydrogen-bond acceptors (Lipinski definition) is 3. The van der Waals surface area contributed by atoms with Crippen molar-refractivity contribution in [3.63, 3.8) is 0 Å². The lowest BCUT2D eigenvalue weighted by atomic mass is 10.4. The maximum atomic E-state index is 10.9. The normalized spacial score (nSPS) is 13.5. The first-order valence-corrected chi connectivity index (χ1v) is 4.17. The fourth-order valence-corrected chi connectivity index (χ4v) is 0.730. The maximum absolute atomic E-state index is 10.9. The lowest BCUT2D eigenvalue weighted by Gasteiger charge is -2.11. The van der Waals surface area contributed by atoms with Crippen molar-refractivity contribution in [3.05, 3.63) is 0 Å². The molecule has 0 unspecified atom stereocenters. The first-order valence-electron chi connectivity index (χ1n) is 3.36. The van der Waals surface area contributed by atoms with Crippen LogP contribution in [0.25, 0.3) is 0 Å². The van der Waals surface area contributed by atoms with Crippen LogP contribution in [0.5, 0.6) is 0 Å². The van der Waals surface area contributed by atoms with Gasteiger partial charge in [-0.3, -0.25) is 9.36 Å². The van der Waals surface area contributed by atoms with E-state index < -0.39 is 6.04 Å². The molecule has 0 aromatic rings. The van der Waals surface area contributed by atoms with Gasteiger partial charge < -0.3 is 4.74 Å². The van der Waals surface area contributed by atoms with E-state index >= 15 is 0 Å². The summed E-state index contributed by atoms with van der Waals surface area (Å²) in [5, 5.41) is 2.39. The summed E-state index contributed by atoms with van der Waals surface area (Å²) in [7, 11) is -0.255. The van der Waals surface area contributed by atoms with Gasteiger partial charge in [0.25, 0.3) is 0 Å². The fourth-order valence-electron chi connectivity index (χ4n) is 0.466. The molecular weight excluding hydrogens is 165 g/mol. The van der Waals surface area contributed by atoms with Crippen LogP contribution in [0.15, 0.2) is 0 Å². The third-order valence-electron chi connectivity index (χ3n) is 0.952. The van der Waals surface area contributed by atoms with Crippen molar-refractivity contribution in [1.29, 1.82) is 0 Å². The van der Waals surface area contributed by atoms with Crippen molar-refractivity contribution in [3.8, 4) is 0 Å². The summed E-state index contributed by atoms with van der Waals surface area (Å²) < 4.78 is 14.8. The van der Waals surface area contributed by atoms with Gasteiger partial charge in [0.1, 0.15) is 6.04 Å². The Morgan fingerprint density at radius 3 is 2.36 bits per heavy atom.